The van der Waals surface area contributed by atoms with E-state index in [1.165, 1.54) is 25.3 Å². The maximum Gasteiger partial charge on any atom is 0.416 e. The fraction of sp³-hybridized carbons (Fsp3) is 0.143. The van der Waals surface area contributed by atoms with Gasteiger partial charge in [0.05, 0.1) is 28.2 Å². The number of nitrogens with zero attached hydrogens (tertiary/aromatic N) is 2. The first-order valence-electron chi connectivity index (χ1n) is 6.59. The standard InChI is InChI=1S/C14H10F3N3O5/c1-25-12-5-3-2-4-9(12)18-13-10(19(21)22)6-8(14(15,16)17)7-11(13)20(23)24/h2-7,18H,1H3. The summed E-state index contributed by atoms with van der Waals surface area (Å²) in [6.45, 7) is 0. The summed E-state index contributed by atoms with van der Waals surface area (Å²) in [5.41, 5.74) is -4.19. The topological polar surface area (TPSA) is 108 Å². The molecule has 0 unspecified atom stereocenters. The van der Waals surface area contributed by atoms with Crippen molar-refractivity contribution in [3.8, 4) is 5.75 Å². The largest absolute Gasteiger partial charge is 0.495 e. The van der Waals surface area contributed by atoms with Crippen LogP contribution >= 0.6 is 0 Å². The van der Waals surface area contributed by atoms with Gasteiger partial charge in [-0.3, -0.25) is 20.2 Å². The van der Waals surface area contributed by atoms with Gasteiger partial charge in [-0.1, -0.05) is 12.1 Å². The molecule has 0 saturated heterocycles. The third-order valence-electron chi connectivity index (χ3n) is 3.18. The Labute approximate surface area is 138 Å². The number of nitro groups is 2. The van der Waals surface area contributed by atoms with Gasteiger partial charge in [-0.05, 0) is 12.1 Å². The van der Waals surface area contributed by atoms with Gasteiger partial charge in [-0.25, -0.2) is 0 Å². The number of para-hydroxylation sites is 2. The van der Waals surface area contributed by atoms with Crippen molar-refractivity contribution >= 4 is 22.7 Å². The van der Waals surface area contributed by atoms with E-state index in [0.717, 1.165) is 0 Å². The van der Waals surface area contributed by atoms with Gasteiger partial charge in [0, 0.05) is 12.1 Å². The van der Waals surface area contributed by atoms with Gasteiger partial charge in [0.25, 0.3) is 11.4 Å². The molecule has 0 bridgehead atoms. The summed E-state index contributed by atoms with van der Waals surface area (Å²) in [6, 6.07) is 6.47. The Hall–Kier alpha value is -3.37. The average Bonchev–Trinajstić information content (AvgIpc) is 2.53. The molecule has 132 valence electrons. The van der Waals surface area contributed by atoms with E-state index in [2.05, 4.69) is 5.32 Å². The molecule has 2 rings (SSSR count). The molecule has 0 atom stereocenters. The van der Waals surface area contributed by atoms with E-state index < -0.39 is 38.6 Å². The molecule has 2 aromatic rings. The molecule has 1 N–H and O–H groups in total. The first-order valence-corrected chi connectivity index (χ1v) is 6.59. The van der Waals surface area contributed by atoms with Crippen molar-refractivity contribution in [3.05, 3.63) is 62.2 Å². The molecular formula is C14H10F3N3O5. The molecule has 0 aliphatic carbocycles. The second-order valence-electron chi connectivity index (χ2n) is 4.73. The molecule has 0 aliphatic rings. The molecule has 0 saturated carbocycles. The smallest absolute Gasteiger partial charge is 0.416 e. The molecule has 0 heterocycles. The zero-order valence-corrected chi connectivity index (χ0v) is 12.5. The molecule has 0 aliphatic heterocycles. The second kappa shape index (κ2) is 6.63. The lowest BCUT2D eigenvalue weighted by Gasteiger charge is -2.13. The number of rotatable bonds is 5. The van der Waals surface area contributed by atoms with Crippen LogP contribution in [0.2, 0.25) is 0 Å². The van der Waals surface area contributed by atoms with E-state index in [1.54, 1.807) is 6.07 Å². The van der Waals surface area contributed by atoms with Gasteiger partial charge in [-0.2, -0.15) is 13.2 Å². The fourth-order valence-corrected chi connectivity index (χ4v) is 2.07. The lowest BCUT2D eigenvalue weighted by Crippen LogP contribution is -2.09. The van der Waals surface area contributed by atoms with Gasteiger partial charge < -0.3 is 10.1 Å². The van der Waals surface area contributed by atoms with Crippen LogP contribution in [0.1, 0.15) is 5.56 Å². The van der Waals surface area contributed by atoms with Gasteiger partial charge in [-0.15, -0.1) is 0 Å². The minimum Gasteiger partial charge on any atom is -0.495 e. The van der Waals surface area contributed by atoms with Crippen LogP contribution in [0.4, 0.5) is 35.9 Å². The quantitative estimate of drug-likeness (QED) is 0.632. The summed E-state index contributed by atoms with van der Waals surface area (Å²) in [5, 5.41) is 24.8. The molecule has 0 amide bonds. The van der Waals surface area contributed by atoms with Crippen molar-refractivity contribution in [2.75, 3.05) is 12.4 Å². The minimum atomic E-state index is -4.97. The number of benzene rings is 2. The van der Waals surface area contributed by atoms with Gasteiger partial charge in [0.15, 0.2) is 5.69 Å². The first-order chi connectivity index (χ1) is 11.6. The van der Waals surface area contributed by atoms with Crippen LogP contribution in [-0.2, 0) is 6.18 Å². The number of ether oxygens (including phenoxy) is 1. The average molecular weight is 357 g/mol. The van der Waals surface area contributed by atoms with Crippen LogP contribution in [0.5, 0.6) is 5.75 Å². The van der Waals surface area contributed by atoms with Crippen LogP contribution in [0, 0.1) is 20.2 Å². The molecule has 25 heavy (non-hydrogen) atoms. The van der Waals surface area contributed by atoms with E-state index in [4.69, 9.17) is 4.74 Å². The number of hydrogen-bond acceptors (Lipinski definition) is 6. The Bertz CT molecular complexity index is 804. The molecule has 0 spiro atoms. The Morgan fingerprint density at radius 1 is 1.04 bits per heavy atom. The van der Waals surface area contributed by atoms with E-state index in [1.807, 2.05) is 0 Å². The van der Waals surface area contributed by atoms with Crippen LogP contribution in [0.25, 0.3) is 0 Å². The van der Waals surface area contributed by atoms with Crippen LogP contribution in [0.15, 0.2) is 36.4 Å². The zero-order valence-electron chi connectivity index (χ0n) is 12.5. The van der Waals surface area contributed by atoms with Gasteiger partial charge >= 0.3 is 6.18 Å². The predicted octanol–water partition coefficient (Wildman–Crippen LogP) is 4.27. The van der Waals surface area contributed by atoms with Crippen molar-refractivity contribution in [3.63, 3.8) is 0 Å². The molecule has 0 radical (unpaired) electrons. The summed E-state index contributed by atoms with van der Waals surface area (Å²) in [6.07, 6.45) is -4.97. The molecule has 8 nitrogen and oxygen atoms in total. The van der Waals surface area contributed by atoms with Gasteiger partial charge in [0.2, 0.25) is 0 Å². The third kappa shape index (κ3) is 3.76. The Balaban J connectivity index is 2.70. The van der Waals surface area contributed by atoms with Crippen molar-refractivity contribution in [2.45, 2.75) is 6.18 Å². The molecule has 0 fully saturated rings. The number of hydrogen-bond donors (Lipinski definition) is 1. The van der Waals surface area contributed by atoms with E-state index in [-0.39, 0.29) is 23.6 Å². The van der Waals surface area contributed by atoms with E-state index >= 15 is 0 Å². The van der Waals surface area contributed by atoms with Crippen molar-refractivity contribution in [1.29, 1.82) is 0 Å². The predicted molar refractivity (Wildman–Crippen MR) is 81.0 cm³/mol. The lowest BCUT2D eigenvalue weighted by atomic mass is 10.1. The number of alkyl halides is 3. The Morgan fingerprint density at radius 2 is 1.56 bits per heavy atom. The van der Waals surface area contributed by atoms with Crippen molar-refractivity contribution < 1.29 is 27.8 Å². The zero-order chi connectivity index (χ0) is 18.8. The maximum absolute atomic E-state index is 12.9. The second-order valence-corrected chi connectivity index (χ2v) is 4.73. The van der Waals surface area contributed by atoms with Crippen LogP contribution < -0.4 is 10.1 Å². The van der Waals surface area contributed by atoms with Crippen molar-refractivity contribution in [2.24, 2.45) is 0 Å². The number of methoxy groups -OCH3 is 1. The number of nitrogens with one attached hydrogen (secondary N) is 1. The molecular weight excluding hydrogens is 347 g/mol. The highest BCUT2D eigenvalue weighted by molar-refractivity contribution is 5.81. The highest BCUT2D eigenvalue weighted by atomic mass is 19.4. The normalized spacial score (nSPS) is 11.0. The monoisotopic (exact) mass is 357 g/mol. The van der Waals surface area contributed by atoms with Gasteiger partial charge in [0.1, 0.15) is 5.75 Å². The first kappa shape index (κ1) is 18.0. The van der Waals surface area contributed by atoms with Crippen molar-refractivity contribution in [1.82, 2.24) is 0 Å². The van der Waals surface area contributed by atoms with Crippen LogP contribution in [0.3, 0.4) is 0 Å². The Morgan fingerprint density at radius 3 is 2.00 bits per heavy atom. The number of anilines is 2. The minimum absolute atomic E-state index is 0.121. The summed E-state index contributed by atoms with van der Waals surface area (Å²) < 4.78 is 43.6. The SMILES string of the molecule is COc1ccccc1Nc1c([N+](=O)[O-])cc(C(F)(F)F)cc1[N+](=O)[O-]. The number of halogens is 3. The summed E-state index contributed by atoms with van der Waals surface area (Å²) in [4.78, 5) is 20.1. The summed E-state index contributed by atoms with van der Waals surface area (Å²) in [7, 11) is 1.30. The Kier molecular flexibility index (Phi) is 4.77. The lowest BCUT2D eigenvalue weighted by molar-refractivity contribution is -0.392. The number of nitro benzene ring substituents is 2. The van der Waals surface area contributed by atoms with E-state index in [9.17, 15) is 33.4 Å². The van der Waals surface area contributed by atoms with Crippen LogP contribution in [-0.4, -0.2) is 17.0 Å². The third-order valence-corrected chi connectivity index (χ3v) is 3.18. The highest BCUT2D eigenvalue weighted by Crippen LogP contribution is 2.43. The fourth-order valence-electron chi connectivity index (χ4n) is 2.07. The molecule has 11 heteroatoms. The van der Waals surface area contributed by atoms with E-state index in [0.29, 0.717) is 0 Å². The summed E-state index contributed by atoms with van der Waals surface area (Å²) >= 11 is 0. The summed E-state index contributed by atoms with van der Waals surface area (Å²) in [5.74, 6) is 0.200. The highest BCUT2D eigenvalue weighted by Gasteiger charge is 2.37. The maximum atomic E-state index is 12.9. The molecule has 0 aromatic heterocycles. The molecule has 2 aromatic carbocycles.